The Morgan fingerprint density at radius 2 is 1.38 bits per heavy atom. The molecule has 0 aromatic carbocycles. The summed E-state index contributed by atoms with van der Waals surface area (Å²) in [5.74, 6) is -1.21. The molecule has 0 aliphatic carbocycles. The number of rotatable bonds is 14. The molecule has 0 aromatic rings. The van der Waals surface area contributed by atoms with E-state index in [-0.39, 0.29) is 41.1 Å². The van der Waals surface area contributed by atoms with Crippen LogP contribution in [0.1, 0.15) is 107 Å². The maximum absolute atomic E-state index is 11.0. The van der Waals surface area contributed by atoms with Crippen molar-refractivity contribution < 1.29 is 49.0 Å². The molecule has 4 nitrogen and oxygen atoms in total. The summed E-state index contributed by atoms with van der Waals surface area (Å²) in [6, 6.07) is 0. The van der Waals surface area contributed by atoms with Crippen LogP contribution in [0.25, 0.3) is 0 Å². The van der Waals surface area contributed by atoms with Crippen molar-refractivity contribution in [1.29, 1.82) is 0 Å². The van der Waals surface area contributed by atoms with Gasteiger partial charge in [0.15, 0.2) is 0 Å². The molecule has 0 amide bonds. The number of carboxylic acids is 1. The Labute approximate surface area is 304 Å². The molecule has 0 fully saturated rings. The predicted molar refractivity (Wildman–Crippen MR) is 197 cm³/mol. The molecule has 1 atom stereocenters. The third kappa shape index (κ3) is 55.3. The number of allylic oxidation sites excluding steroid dienone is 1. The molecule has 0 spiro atoms. The summed E-state index contributed by atoms with van der Waals surface area (Å²) in [7, 11) is 2.72. The van der Waals surface area contributed by atoms with Gasteiger partial charge < -0.3 is 16.2 Å². The van der Waals surface area contributed by atoms with Gasteiger partial charge in [0.25, 0.3) is 0 Å². The Bertz CT molecular complexity index is 637. The predicted octanol–water partition coefficient (Wildman–Crippen LogP) is 8.08. The third-order valence-electron chi connectivity index (χ3n) is 5.35. The average molecular weight is 834 g/mol. The molecule has 0 heterocycles. The van der Waals surface area contributed by atoms with Crippen LogP contribution in [0.4, 0.5) is 0 Å². The fourth-order valence-corrected chi connectivity index (χ4v) is 3.06. The molecule has 0 radical (unpaired) electrons. The van der Waals surface area contributed by atoms with E-state index in [4.69, 9.17) is 9.84 Å². The summed E-state index contributed by atoms with van der Waals surface area (Å²) in [6.07, 6.45) is 12.3. The standard InChI is InChI=1S/C12H22O2.C8H17Br.C4H6O2.C3H7BBrIP.C3H6.Na/c1-6-12(4,5)8-7-9-14-11(13)10(2)3;1-4-8(2,3)6-5-7-9;1-3(2)4(5)6;5-3-1-2-4(6)7;1-3-2;/h2,6-9H2,1,3-5H3;4-7H2,1-3H3;1H2,2H3,(H,5,6);2H,1,3,7H2;3H,1H2,2H3;/q;;;-1;;+1. The zero-order valence-electron chi connectivity index (χ0n) is 27.3. The number of carbonyl (C=O) groups excluding carboxylic acids is 1. The van der Waals surface area contributed by atoms with Gasteiger partial charge in [-0.1, -0.05) is 105 Å². The van der Waals surface area contributed by atoms with Crippen LogP contribution in [0, 0.1) is 17.2 Å². The van der Waals surface area contributed by atoms with Crippen molar-refractivity contribution in [3.63, 3.8) is 0 Å². The molecule has 0 rings (SSSR count). The van der Waals surface area contributed by atoms with Crippen LogP contribution in [-0.2, 0) is 14.3 Å². The second-order valence-corrected chi connectivity index (χ2v) is 15.6. The molecular formula is C30H58BBr2INaO4P. The number of carbonyl (C=O) groups is 2. The average Bonchev–Trinajstić information content (AvgIpc) is 2.85. The normalized spacial score (nSPS) is 9.62. The number of halogens is 3. The zero-order valence-corrected chi connectivity index (χ0v) is 35.8. The Morgan fingerprint density at radius 1 is 1.00 bits per heavy atom. The first-order chi connectivity index (χ1) is 17.8. The molecule has 0 aliphatic heterocycles. The summed E-state index contributed by atoms with van der Waals surface area (Å²) in [5, 5.41) is 10.1. The Balaban J connectivity index is -0.0000000970. The fraction of sp³-hybridized carbons (Fsp3) is 0.700. The van der Waals surface area contributed by atoms with Crippen LogP contribution in [0.2, 0.25) is 0 Å². The number of esters is 1. The second kappa shape index (κ2) is 36.5. The molecular weight excluding hydrogens is 776 g/mol. The molecule has 1 N–H and O–H groups in total. The van der Waals surface area contributed by atoms with Crippen molar-refractivity contribution in [2.45, 2.75) is 107 Å². The molecule has 1 unspecified atom stereocenters. The maximum Gasteiger partial charge on any atom is 1.00 e. The largest absolute Gasteiger partial charge is 1.00 e. The summed E-state index contributed by atoms with van der Waals surface area (Å²) >= 11 is 9.12. The van der Waals surface area contributed by atoms with Crippen molar-refractivity contribution in [2.75, 3.05) is 17.3 Å². The van der Waals surface area contributed by atoms with E-state index in [1.54, 1.807) is 13.0 Å². The summed E-state index contributed by atoms with van der Waals surface area (Å²) in [6.45, 7) is 29.1. The summed E-state index contributed by atoms with van der Waals surface area (Å²) < 4.78 is 5.64. The topological polar surface area (TPSA) is 63.6 Å². The van der Waals surface area contributed by atoms with Crippen LogP contribution in [0.3, 0.4) is 0 Å². The smallest absolute Gasteiger partial charge is 0.478 e. The van der Waals surface area contributed by atoms with Gasteiger partial charge in [0.1, 0.15) is 0 Å². The Kier molecular flexibility index (Phi) is 49.2. The molecule has 0 saturated carbocycles. The van der Waals surface area contributed by atoms with E-state index in [2.05, 4.69) is 131 Å². The molecule has 0 bridgehead atoms. The van der Waals surface area contributed by atoms with E-state index < -0.39 is 5.97 Å². The molecule has 0 saturated heterocycles. The second-order valence-electron chi connectivity index (χ2n) is 10.5. The minimum Gasteiger partial charge on any atom is -0.478 e. The van der Waals surface area contributed by atoms with E-state index in [1.165, 1.54) is 26.2 Å². The SMILES string of the molecule is C=C(C)C(=O)O.C=C(C)C(=O)OCCCC(C)(C)CC.C=CC.CCC(C)(C)CCCBr.PB(I)[CH-]CCBr.[Na+]. The van der Waals surface area contributed by atoms with Crippen molar-refractivity contribution in [3.05, 3.63) is 43.3 Å². The summed E-state index contributed by atoms with van der Waals surface area (Å²) in [4.78, 5) is 20.6. The van der Waals surface area contributed by atoms with Crippen LogP contribution < -0.4 is 29.6 Å². The van der Waals surface area contributed by atoms with Gasteiger partial charge in [-0.25, -0.2) is 9.59 Å². The third-order valence-corrected chi connectivity index (χ3v) is 7.15. The van der Waals surface area contributed by atoms with Crippen molar-refractivity contribution in [1.82, 2.24) is 0 Å². The first kappa shape index (κ1) is 53.9. The van der Waals surface area contributed by atoms with Gasteiger partial charge in [-0.3, -0.25) is 0 Å². The number of hydrogen-bond acceptors (Lipinski definition) is 3. The minimum atomic E-state index is -0.935. The maximum atomic E-state index is 11.0. The van der Waals surface area contributed by atoms with Gasteiger partial charge in [-0.2, -0.15) is 37.9 Å². The van der Waals surface area contributed by atoms with Crippen LogP contribution in [-0.4, -0.2) is 38.6 Å². The van der Waals surface area contributed by atoms with E-state index in [9.17, 15) is 9.59 Å². The molecule has 0 aromatic heterocycles. The van der Waals surface area contributed by atoms with Gasteiger partial charge in [0.05, 0.1) is 10.9 Å². The van der Waals surface area contributed by atoms with Gasteiger partial charge in [-0.15, -0.1) is 6.58 Å². The van der Waals surface area contributed by atoms with Crippen LogP contribution in [0.5, 0.6) is 0 Å². The van der Waals surface area contributed by atoms with Crippen LogP contribution in [0.15, 0.2) is 37.0 Å². The monoisotopic (exact) mass is 832 g/mol. The van der Waals surface area contributed by atoms with Crippen molar-refractivity contribution in [3.8, 4) is 0 Å². The van der Waals surface area contributed by atoms with Crippen molar-refractivity contribution >= 4 is 79.6 Å². The molecule has 232 valence electrons. The Hall–Kier alpha value is 1.34. The van der Waals surface area contributed by atoms with Crippen molar-refractivity contribution in [2.24, 2.45) is 10.8 Å². The quantitative estimate of drug-likeness (QED) is 0.0222. The first-order valence-corrected chi connectivity index (χ1v) is 17.6. The van der Waals surface area contributed by atoms with E-state index in [0.29, 0.717) is 27.3 Å². The molecule has 10 heteroatoms. The van der Waals surface area contributed by atoms with Gasteiger partial charge in [-0.05, 0) is 62.6 Å². The van der Waals surface area contributed by atoms with Gasteiger partial charge in [0.2, 0.25) is 0 Å². The fourth-order valence-electron chi connectivity index (χ4n) is 1.96. The minimum absolute atomic E-state index is 0. The van der Waals surface area contributed by atoms with E-state index in [1.807, 2.05) is 6.92 Å². The molecule has 40 heavy (non-hydrogen) atoms. The van der Waals surface area contributed by atoms with E-state index in [0.717, 1.165) is 36.3 Å². The van der Waals surface area contributed by atoms with Crippen LogP contribution >= 0.6 is 63.4 Å². The number of ether oxygens (including phenoxy) is 1. The molecule has 0 aliphatic rings. The van der Waals surface area contributed by atoms with Gasteiger partial charge >= 0.3 is 41.5 Å². The van der Waals surface area contributed by atoms with Gasteiger partial charge in [0, 0.05) is 16.5 Å². The summed E-state index contributed by atoms with van der Waals surface area (Å²) in [5.41, 5.74) is 1.57. The first-order valence-electron chi connectivity index (χ1n) is 13.5. The number of hydrogen-bond donors (Lipinski definition) is 1. The number of alkyl halides is 2. The van der Waals surface area contributed by atoms with E-state index >= 15 is 0 Å². The zero-order chi connectivity index (χ0) is 32.1. The number of aliphatic carboxylic acids is 1. The number of carboxylic acid groups (broad SMARTS) is 1. The Morgan fingerprint density at radius 3 is 1.60 bits per heavy atom.